The molecule has 2 bridgehead atoms. The second-order valence-corrected chi connectivity index (χ2v) is 13.0. The Morgan fingerprint density at radius 3 is 2.00 bits per heavy atom. The third kappa shape index (κ3) is 5.22. The third-order valence-corrected chi connectivity index (χ3v) is 10.1. The number of hydrogen-bond donors (Lipinski definition) is 0. The van der Waals surface area contributed by atoms with E-state index in [4.69, 9.17) is 0 Å². The van der Waals surface area contributed by atoms with Gasteiger partial charge in [0.1, 0.15) is 23.3 Å². The van der Waals surface area contributed by atoms with E-state index in [9.17, 15) is 17.2 Å². The average molecular weight is 522 g/mol. The lowest BCUT2D eigenvalue weighted by atomic mass is 9.78. The van der Waals surface area contributed by atoms with Gasteiger partial charge in [0.25, 0.3) is 0 Å². The molecule has 3 fully saturated rings. The first-order chi connectivity index (χ1) is 17.1. The molecule has 0 saturated carbocycles. The van der Waals surface area contributed by atoms with Crippen LogP contribution in [0.2, 0.25) is 0 Å². The van der Waals surface area contributed by atoms with Crippen LogP contribution in [0.25, 0.3) is 0 Å². The molecule has 5 rings (SSSR count). The van der Waals surface area contributed by atoms with Crippen LogP contribution in [0.15, 0.2) is 18.2 Å². The van der Waals surface area contributed by atoms with Crippen molar-refractivity contribution in [2.24, 2.45) is 5.92 Å². The van der Waals surface area contributed by atoms with Gasteiger partial charge in [-0.05, 0) is 94.9 Å². The molecule has 4 heterocycles. The standard InChI is InChI=1S/C26H37F2N5O2S/c1-17-29-30-18(2)33(17)25-15-23-4-5-24(16-25)32(23)11-8-26(20-12-21(27)14-22(28)13-20)19-6-9-31(10-7-19)36(3,34)35/h12-14,19,23-26H,4-11,15-16H2,1-3H3/t23?,24?,25?,26-/m1/s1. The number of aromatic nitrogens is 3. The molecular weight excluding hydrogens is 484 g/mol. The minimum Gasteiger partial charge on any atom is -0.312 e. The first-order valence-corrected chi connectivity index (χ1v) is 15.0. The maximum absolute atomic E-state index is 14.2. The third-order valence-electron chi connectivity index (χ3n) is 8.81. The molecule has 0 spiro atoms. The Hall–Kier alpha value is -1.91. The molecule has 198 valence electrons. The molecule has 10 heteroatoms. The Morgan fingerprint density at radius 2 is 1.47 bits per heavy atom. The van der Waals surface area contributed by atoms with Crippen molar-refractivity contribution in [2.45, 2.75) is 82.8 Å². The van der Waals surface area contributed by atoms with Crippen molar-refractivity contribution < 1.29 is 17.2 Å². The summed E-state index contributed by atoms with van der Waals surface area (Å²) in [5.41, 5.74) is 0.697. The van der Waals surface area contributed by atoms with Gasteiger partial charge in [0.05, 0.1) is 6.26 Å². The van der Waals surface area contributed by atoms with Crippen LogP contribution in [0, 0.1) is 31.4 Å². The van der Waals surface area contributed by atoms with E-state index in [1.54, 1.807) is 0 Å². The van der Waals surface area contributed by atoms with Gasteiger partial charge in [-0.2, -0.15) is 0 Å². The van der Waals surface area contributed by atoms with E-state index in [1.807, 2.05) is 13.8 Å². The quantitative estimate of drug-likeness (QED) is 0.547. The summed E-state index contributed by atoms with van der Waals surface area (Å²) in [5.74, 6) is 1.03. The van der Waals surface area contributed by atoms with Crippen LogP contribution in [0.3, 0.4) is 0 Å². The largest absolute Gasteiger partial charge is 0.312 e. The van der Waals surface area contributed by atoms with Crippen LogP contribution < -0.4 is 0 Å². The maximum atomic E-state index is 14.2. The molecule has 0 aliphatic carbocycles. The van der Waals surface area contributed by atoms with E-state index in [0.717, 1.165) is 43.5 Å². The molecule has 0 amide bonds. The summed E-state index contributed by atoms with van der Waals surface area (Å²) in [6.45, 7) is 5.85. The van der Waals surface area contributed by atoms with Crippen LogP contribution in [0.4, 0.5) is 8.78 Å². The Labute approximate surface area is 212 Å². The van der Waals surface area contributed by atoms with Gasteiger partial charge in [-0.25, -0.2) is 21.5 Å². The predicted octanol–water partition coefficient (Wildman–Crippen LogP) is 4.19. The van der Waals surface area contributed by atoms with E-state index in [2.05, 4.69) is 19.7 Å². The summed E-state index contributed by atoms with van der Waals surface area (Å²) in [4.78, 5) is 2.62. The number of sulfonamides is 1. The van der Waals surface area contributed by atoms with Crippen LogP contribution in [0.1, 0.15) is 74.1 Å². The molecule has 2 aromatic rings. The zero-order chi connectivity index (χ0) is 25.6. The smallest absolute Gasteiger partial charge is 0.211 e. The predicted molar refractivity (Wildman–Crippen MR) is 134 cm³/mol. The van der Waals surface area contributed by atoms with E-state index >= 15 is 0 Å². The van der Waals surface area contributed by atoms with Crippen LogP contribution in [0.5, 0.6) is 0 Å². The van der Waals surface area contributed by atoms with E-state index in [-0.39, 0.29) is 11.8 Å². The van der Waals surface area contributed by atoms with Crippen LogP contribution in [-0.2, 0) is 10.0 Å². The number of piperidine rings is 2. The lowest BCUT2D eigenvalue weighted by molar-refractivity contribution is 0.0967. The molecule has 1 aromatic heterocycles. The highest BCUT2D eigenvalue weighted by Crippen LogP contribution is 2.43. The second kappa shape index (κ2) is 10.1. The summed E-state index contributed by atoms with van der Waals surface area (Å²) in [6.07, 6.45) is 7.96. The van der Waals surface area contributed by atoms with Crippen molar-refractivity contribution >= 4 is 10.0 Å². The van der Waals surface area contributed by atoms with Crippen molar-refractivity contribution in [3.63, 3.8) is 0 Å². The minimum atomic E-state index is -3.22. The topological polar surface area (TPSA) is 71.3 Å². The van der Waals surface area contributed by atoms with Crippen molar-refractivity contribution in [3.8, 4) is 0 Å². The maximum Gasteiger partial charge on any atom is 0.211 e. The van der Waals surface area contributed by atoms with Gasteiger partial charge in [-0.1, -0.05) is 0 Å². The van der Waals surface area contributed by atoms with Crippen LogP contribution >= 0.6 is 0 Å². The molecule has 1 aromatic carbocycles. The van der Waals surface area contributed by atoms with Gasteiger partial charge in [0.15, 0.2) is 0 Å². The Balaban J connectivity index is 1.30. The van der Waals surface area contributed by atoms with Gasteiger partial charge >= 0.3 is 0 Å². The fourth-order valence-electron chi connectivity index (χ4n) is 7.19. The monoisotopic (exact) mass is 521 g/mol. The molecule has 3 aliphatic heterocycles. The lowest BCUT2D eigenvalue weighted by Gasteiger charge is -2.41. The van der Waals surface area contributed by atoms with E-state index < -0.39 is 21.7 Å². The fourth-order valence-corrected chi connectivity index (χ4v) is 8.06. The van der Waals surface area contributed by atoms with Gasteiger partial charge in [-0.3, -0.25) is 4.90 Å². The molecule has 3 aliphatic rings. The molecule has 3 saturated heterocycles. The van der Waals surface area contributed by atoms with Gasteiger partial charge in [0.2, 0.25) is 10.0 Å². The summed E-state index contributed by atoms with van der Waals surface area (Å²) >= 11 is 0. The number of hydrogen-bond acceptors (Lipinski definition) is 5. The molecule has 3 atom stereocenters. The molecule has 2 unspecified atom stereocenters. The summed E-state index contributed by atoms with van der Waals surface area (Å²) < 4.78 is 56.2. The highest BCUT2D eigenvalue weighted by Gasteiger charge is 2.42. The summed E-state index contributed by atoms with van der Waals surface area (Å²) in [5, 5.41) is 8.51. The Kier molecular flexibility index (Phi) is 7.22. The Bertz CT molecular complexity index is 1140. The molecule has 7 nitrogen and oxygen atoms in total. The summed E-state index contributed by atoms with van der Waals surface area (Å²) in [7, 11) is -3.22. The number of aryl methyl sites for hydroxylation is 2. The number of rotatable bonds is 7. The lowest BCUT2D eigenvalue weighted by Crippen LogP contribution is -2.45. The minimum absolute atomic E-state index is 0.00336. The average Bonchev–Trinajstić information content (AvgIpc) is 3.26. The molecule has 36 heavy (non-hydrogen) atoms. The SMILES string of the molecule is Cc1nnc(C)n1C1CC2CCC(C1)N2CC[C@@H](c1cc(F)cc(F)c1)C1CCN(S(C)(=O)=O)CC1. The van der Waals surface area contributed by atoms with E-state index in [1.165, 1.54) is 35.5 Å². The van der Waals surface area contributed by atoms with Crippen LogP contribution in [-0.4, -0.2) is 70.4 Å². The number of halogens is 2. The van der Waals surface area contributed by atoms with Crippen molar-refractivity contribution in [2.75, 3.05) is 25.9 Å². The second-order valence-electron chi connectivity index (χ2n) is 11.0. The molecular formula is C26H37F2N5O2S. The van der Waals surface area contributed by atoms with Gasteiger partial charge < -0.3 is 4.57 Å². The first kappa shape index (κ1) is 25.7. The summed E-state index contributed by atoms with van der Waals surface area (Å²) in [6, 6.07) is 5.26. The number of benzene rings is 1. The molecule has 0 N–H and O–H groups in total. The normalized spacial score (nSPS) is 27.0. The zero-order valence-electron chi connectivity index (χ0n) is 21.4. The number of fused-ring (bicyclic) bond motifs is 2. The van der Waals surface area contributed by atoms with Gasteiger partial charge in [-0.15, -0.1) is 10.2 Å². The van der Waals surface area contributed by atoms with Crippen molar-refractivity contribution in [1.29, 1.82) is 0 Å². The highest BCUT2D eigenvalue weighted by molar-refractivity contribution is 7.88. The van der Waals surface area contributed by atoms with E-state index in [0.29, 0.717) is 49.6 Å². The van der Waals surface area contributed by atoms with Gasteiger partial charge in [0, 0.05) is 37.3 Å². The number of nitrogens with zero attached hydrogens (tertiary/aromatic N) is 5. The Morgan fingerprint density at radius 1 is 0.917 bits per heavy atom. The fraction of sp³-hybridized carbons (Fsp3) is 0.692. The zero-order valence-corrected chi connectivity index (χ0v) is 22.2. The van der Waals surface area contributed by atoms with Crippen molar-refractivity contribution in [3.05, 3.63) is 47.0 Å². The molecule has 0 radical (unpaired) electrons. The van der Waals surface area contributed by atoms with Crippen molar-refractivity contribution in [1.82, 2.24) is 24.0 Å². The first-order valence-electron chi connectivity index (χ1n) is 13.1. The highest BCUT2D eigenvalue weighted by atomic mass is 32.2.